The van der Waals surface area contributed by atoms with Crippen LogP contribution in [0.3, 0.4) is 0 Å². The first-order valence-electron chi connectivity index (χ1n) is 6.44. The first kappa shape index (κ1) is 13.6. The normalized spacial score (nSPS) is 12.5. The van der Waals surface area contributed by atoms with E-state index in [-0.39, 0.29) is 5.56 Å². The zero-order valence-electron chi connectivity index (χ0n) is 11.1. The van der Waals surface area contributed by atoms with Crippen molar-refractivity contribution < 1.29 is 8.78 Å². The second-order valence-electron chi connectivity index (χ2n) is 4.72. The third-order valence-electron chi connectivity index (χ3n) is 3.45. The smallest absolute Gasteiger partial charge is 0.128 e. The quantitative estimate of drug-likeness (QED) is 0.574. The third-order valence-corrected chi connectivity index (χ3v) is 3.45. The van der Waals surface area contributed by atoms with Gasteiger partial charge in [0.1, 0.15) is 11.6 Å². The Balaban J connectivity index is 2.21. The topological polar surface area (TPSA) is 50.9 Å². The van der Waals surface area contributed by atoms with Crippen LogP contribution in [0.15, 0.2) is 54.9 Å². The molecule has 2 aromatic carbocycles. The fourth-order valence-electron chi connectivity index (χ4n) is 2.45. The molecule has 0 spiro atoms. The van der Waals surface area contributed by atoms with E-state index in [2.05, 4.69) is 10.4 Å². The second kappa shape index (κ2) is 5.55. The van der Waals surface area contributed by atoms with Crippen LogP contribution in [0.4, 0.5) is 8.78 Å². The highest BCUT2D eigenvalue weighted by Crippen LogP contribution is 2.29. The summed E-state index contributed by atoms with van der Waals surface area (Å²) in [5.41, 5.74) is 3.39. The van der Waals surface area contributed by atoms with Gasteiger partial charge >= 0.3 is 0 Å². The molecular formula is C16H13F2N3. The van der Waals surface area contributed by atoms with Gasteiger partial charge in [-0.05, 0) is 23.6 Å². The molecule has 0 fully saturated rings. The molecule has 0 aliphatic carbocycles. The van der Waals surface area contributed by atoms with Crippen LogP contribution in [0.1, 0.15) is 17.2 Å². The Kier molecular flexibility index (Phi) is 3.60. The highest BCUT2D eigenvalue weighted by Gasteiger charge is 2.19. The molecule has 0 radical (unpaired) electrons. The van der Waals surface area contributed by atoms with Crippen LogP contribution < -0.4 is 11.3 Å². The summed E-state index contributed by atoms with van der Waals surface area (Å²) >= 11 is 0. The number of halogens is 2. The maximum atomic E-state index is 14.0. The molecule has 106 valence electrons. The molecule has 1 atom stereocenters. The molecule has 0 aliphatic heterocycles. The summed E-state index contributed by atoms with van der Waals surface area (Å²) in [5, 5.41) is 1.80. The van der Waals surface area contributed by atoms with E-state index < -0.39 is 17.7 Å². The summed E-state index contributed by atoms with van der Waals surface area (Å²) in [7, 11) is 0. The number of hydrogen-bond donors (Lipinski definition) is 2. The lowest BCUT2D eigenvalue weighted by Crippen LogP contribution is -2.30. The van der Waals surface area contributed by atoms with Gasteiger partial charge in [0, 0.05) is 28.9 Å². The van der Waals surface area contributed by atoms with Crippen molar-refractivity contribution in [3.63, 3.8) is 0 Å². The van der Waals surface area contributed by atoms with Gasteiger partial charge in [-0.15, -0.1) is 0 Å². The number of hydrazine groups is 1. The van der Waals surface area contributed by atoms with Crippen molar-refractivity contribution in [3.8, 4) is 0 Å². The summed E-state index contributed by atoms with van der Waals surface area (Å²) in [5.74, 6) is 4.54. The minimum absolute atomic E-state index is 0.149. The van der Waals surface area contributed by atoms with Gasteiger partial charge in [-0.25, -0.2) is 14.2 Å². The van der Waals surface area contributed by atoms with Gasteiger partial charge in [0.05, 0.1) is 6.04 Å². The van der Waals surface area contributed by atoms with Crippen LogP contribution in [0.5, 0.6) is 0 Å². The fraction of sp³-hybridized carbons (Fsp3) is 0.0625. The van der Waals surface area contributed by atoms with Crippen molar-refractivity contribution in [1.82, 2.24) is 10.4 Å². The van der Waals surface area contributed by atoms with Gasteiger partial charge in [0.15, 0.2) is 0 Å². The number of nitrogens with one attached hydrogen (secondary N) is 1. The van der Waals surface area contributed by atoms with Crippen LogP contribution >= 0.6 is 0 Å². The van der Waals surface area contributed by atoms with E-state index in [9.17, 15) is 8.78 Å². The van der Waals surface area contributed by atoms with Crippen LogP contribution in [0.25, 0.3) is 10.8 Å². The number of fused-ring (bicyclic) bond motifs is 1. The largest absolute Gasteiger partial charge is 0.271 e. The number of aromatic nitrogens is 1. The molecule has 1 unspecified atom stereocenters. The number of rotatable bonds is 3. The Labute approximate surface area is 120 Å². The lowest BCUT2D eigenvalue weighted by atomic mass is 9.96. The van der Waals surface area contributed by atoms with E-state index in [1.165, 1.54) is 0 Å². The molecule has 0 saturated heterocycles. The third kappa shape index (κ3) is 2.49. The first-order chi connectivity index (χ1) is 10.2. The number of hydrogen-bond acceptors (Lipinski definition) is 3. The molecule has 5 heteroatoms. The van der Waals surface area contributed by atoms with Gasteiger partial charge in [-0.3, -0.25) is 10.8 Å². The molecule has 3 nitrogen and oxygen atoms in total. The maximum Gasteiger partial charge on any atom is 0.128 e. The molecule has 3 N–H and O–H groups in total. The maximum absolute atomic E-state index is 14.0. The molecule has 3 aromatic rings. The molecule has 0 aliphatic rings. The van der Waals surface area contributed by atoms with Crippen molar-refractivity contribution in [1.29, 1.82) is 0 Å². The monoisotopic (exact) mass is 285 g/mol. The van der Waals surface area contributed by atoms with Crippen LogP contribution in [-0.4, -0.2) is 4.98 Å². The lowest BCUT2D eigenvalue weighted by molar-refractivity contribution is 0.546. The van der Waals surface area contributed by atoms with Crippen molar-refractivity contribution in [3.05, 3.63) is 77.6 Å². The Morgan fingerprint density at radius 1 is 1.00 bits per heavy atom. The summed E-state index contributed by atoms with van der Waals surface area (Å²) in [6.07, 6.45) is 3.32. The van der Waals surface area contributed by atoms with Crippen molar-refractivity contribution in [2.75, 3.05) is 0 Å². The van der Waals surface area contributed by atoms with Crippen LogP contribution in [0.2, 0.25) is 0 Å². The summed E-state index contributed by atoms with van der Waals surface area (Å²) in [6.45, 7) is 0. The minimum atomic E-state index is -0.681. The predicted molar refractivity (Wildman–Crippen MR) is 77.3 cm³/mol. The van der Waals surface area contributed by atoms with E-state index in [4.69, 9.17) is 5.84 Å². The average molecular weight is 285 g/mol. The predicted octanol–water partition coefficient (Wildman–Crippen LogP) is 3.07. The second-order valence-corrected chi connectivity index (χ2v) is 4.72. The average Bonchev–Trinajstić information content (AvgIpc) is 2.51. The number of nitrogens with two attached hydrogens (primary N) is 1. The minimum Gasteiger partial charge on any atom is -0.271 e. The summed E-state index contributed by atoms with van der Waals surface area (Å²) in [4.78, 5) is 4.15. The summed E-state index contributed by atoms with van der Waals surface area (Å²) < 4.78 is 27.4. The van der Waals surface area contributed by atoms with Crippen molar-refractivity contribution in [2.45, 2.75) is 6.04 Å². The zero-order chi connectivity index (χ0) is 14.8. The van der Waals surface area contributed by atoms with E-state index in [0.29, 0.717) is 5.56 Å². The summed E-state index contributed by atoms with van der Waals surface area (Å²) in [6, 6.07) is 10.2. The molecule has 0 saturated carbocycles. The molecular weight excluding hydrogens is 272 g/mol. The van der Waals surface area contributed by atoms with E-state index in [1.807, 2.05) is 24.3 Å². The van der Waals surface area contributed by atoms with Gasteiger partial charge in [-0.2, -0.15) is 0 Å². The van der Waals surface area contributed by atoms with Crippen molar-refractivity contribution >= 4 is 10.8 Å². The van der Waals surface area contributed by atoms with Gasteiger partial charge in [-0.1, -0.05) is 24.3 Å². The van der Waals surface area contributed by atoms with E-state index >= 15 is 0 Å². The van der Waals surface area contributed by atoms with E-state index in [0.717, 1.165) is 29.0 Å². The number of nitrogens with zero attached hydrogens (tertiary/aromatic N) is 1. The lowest BCUT2D eigenvalue weighted by Gasteiger charge is -2.19. The first-order valence-corrected chi connectivity index (χ1v) is 6.44. The molecule has 1 aromatic heterocycles. The van der Waals surface area contributed by atoms with Gasteiger partial charge in [0.2, 0.25) is 0 Å². The van der Waals surface area contributed by atoms with Gasteiger partial charge < -0.3 is 0 Å². The van der Waals surface area contributed by atoms with Crippen LogP contribution in [0, 0.1) is 11.6 Å². The molecule has 0 bridgehead atoms. The zero-order valence-corrected chi connectivity index (χ0v) is 11.1. The van der Waals surface area contributed by atoms with Crippen LogP contribution in [-0.2, 0) is 0 Å². The highest BCUT2D eigenvalue weighted by atomic mass is 19.1. The Hall–Kier alpha value is -2.37. The Bertz CT molecular complexity index is 784. The van der Waals surface area contributed by atoms with Gasteiger partial charge in [0.25, 0.3) is 0 Å². The fourth-order valence-corrected chi connectivity index (χ4v) is 2.45. The van der Waals surface area contributed by atoms with Crippen molar-refractivity contribution in [2.24, 2.45) is 5.84 Å². The Morgan fingerprint density at radius 2 is 1.81 bits per heavy atom. The molecule has 0 amide bonds. The van der Waals surface area contributed by atoms with E-state index in [1.54, 1.807) is 12.4 Å². The highest BCUT2D eigenvalue weighted by molar-refractivity contribution is 5.85. The standard InChI is InChI=1S/C16H13F2N3/c17-11-5-6-15(18)13(7-11)16(21-19)14-9-20-8-10-3-1-2-4-12(10)14/h1-9,16,21H,19H2. The Morgan fingerprint density at radius 3 is 2.62 bits per heavy atom. The number of benzene rings is 2. The molecule has 3 rings (SSSR count). The molecule has 1 heterocycles. The molecule has 21 heavy (non-hydrogen) atoms. The SMILES string of the molecule is NNC(c1cc(F)ccc1F)c1cncc2ccccc12. The number of pyridine rings is 1.